The average molecular weight is 213 g/mol. The molecule has 1 rings (SSSR count). The summed E-state index contributed by atoms with van der Waals surface area (Å²) < 4.78 is 2.21. The van der Waals surface area contributed by atoms with Crippen molar-refractivity contribution >= 4 is 11.8 Å². The summed E-state index contributed by atoms with van der Waals surface area (Å²) in [5.41, 5.74) is 5.51. The van der Waals surface area contributed by atoms with Crippen LogP contribution < -0.4 is 5.73 Å². The lowest BCUT2D eigenvalue weighted by molar-refractivity contribution is 0.639. The number of nitrogens with zero attached hydrogens (tertiary/aromatic N) is 2. The van der Waals surface area contributed by atoms with Gasteiger partial charge in [-0.05, 0) is 24.5 Å². The molecule has 0 amide bonds. The number of hydrogen-bond acceptors (Lipinski definition) is 3. The van der Waals surface area contributed by atoms with E-state index in [-0.39, 0.29) is 0 Å². The first-order chi connectivity index (χ1) is 6.88. The van der Waals surface area contributed by atoms with E-state index in [1.54, 1.807) is 0 Å². The lowest BCUT2D eigenvalue weighted by Crippen LogP contribution is -2.10. The fourth-order valence-electron chi connectivity index (χ4n) is 1.38. The number of imidazole rings is 1. The van der Waals surface area contributed by atoms with Gasteiger partial charge >= 0.3 is 0 Å². The molecule has 0 atom stereocenters. The average Bonchev–Trinajstić information content (AvgIpc) is 2.61. The highest BCUT2D eigenvalue weighted by Gasteiger charge is 2.00. The Labute approximate surface area is 90.1 Å². The molecule has 0 aromatic carbocycles. The normalized spacial score (nSPS) is 10.7. The van der Waals surface area contributed by atoms with Gasteiger partial charge in [0, 0.05) is 25.4 Å². The van der Waals surface area contributed by atoms with E-state index in [0.29, 0.717) is 6.54 Å². The zero-order valence-electron chi connectivity index (χ0n) is 8.78. The van der Waals surface area contributed by atoms with Crippen LogP contribution in [0.5, 0.6) is 0 Å². The minimum atomic E-state index is 0.681. The number of aromatic nitrogens is 2. The molecule has 0 fully saturated rings. The highest BCUT2D eigenvalue weighted by Crippen LogP contribution is 2.05. The van der Waals surface area contributed by atoms with Crippen molar-refractivity contribution < 1.29 is 0 Å². The fourth-order valence-corrected chi connectivity index (χ4v) is 2.00. The van der Waals surface area contributed by atoms with Gasteiger partial charge in [-0.2, -0.15) is 11.8 Å². The van der Waals surface area contributed by atoms with Gasteiger partial charge in [0.2, 0.25) is 0 Å². The van der Waals surface area contributed by atoms with Gasteiger partial charge in [-0.25, -0.2) is 4.98 Å². The van der Waals surface area contributed by atoms with Gasteiger partial charge in [0.15, 0.2) is 0 Å². The molecule has 0 saturated heterocycles. The monoisotopic (exact) mass is 213 g/mol. The van der Waals surface area contributed by atoms with Gasteiger partial charge in [-0.15, -0.1) is 0 Å². The summed E-state index contributed by atoms with van der Waals surface area (Å²) in [5.74, 6) is 3.56. The summed E-state index contributed by atoms with van der Waals surface area (Å²) >= 11 is 1.99. The molecule has 0 bridgehead atoms. The van der Waals surface area contributed by atoms with Crippen LogP contribution in [-0.2, 0) is 13.0 Å². The van der Waals surface area contributed by atoms with Crippen LogP contribution >= 0.6 is 11.8 Å². The highest BCUT2D eigenvalue weighted by molar-refractivity contribution is 7.99. The molecule has 0 saturated carbocycles. The van der Waals surface area contributed by atoms with Crippen LogP contribution in [0, 0.1) is 0 Å². The lowest BCUT2D eigenvalue weighted by atomic mass is 10.4. The van der Waals surface area contributed by atoms with Crippen LogP contribution in [0.3, 0.4) is 0 Å². The van der Waals surface area contributed by atoms with Crippen molar-refractivity contribution in [3.63, 3.8) is 0 Å². The SMILES string of the molecule is CCSCCCn1ccnc1CCN. The Hall–Kier alpha value is -0.480. The highest BCUT2D eigenvalue weighted by atomic mass is 32.2. The van der Waals surface area contributed by atoms with E-state index in [9.17, 15) is 0 Å². The van der Waals surface area contributed by atoms with Crippen LogP contribution in [0.4, 0.5) is 0 Å². The third-order valence-electron chi connectivity index (χ3n) is 2.06. The molecule has 1 heterocycles. The first kappa shape index (κ1) is 11.6. The third-order valence-corrected chi connectivity index (χ3v) is 3.05. The molecule has 80 valence electrons. The Bertz CT molecular complexity index is 247. The van der Waals surface area contributed by atoms with Gasteiger partial charge in [-0.3, -0.25) is 0 Å². The van der Waals surface area contributed by atoms with Crippen molar-refractivity contribution in [3.8, 4) is 0 Å². The quantitative estimate of drug-likeness (QED) is 0.699. The second-order valence-electron chi connectivity index (χ2n) is 3.13. The Morgan fingerprint density at radius 2 is 2.43 bits per heavy atom. The summed E-state index contributed by atoms with van der Waals surface area (Å²) in [7, 11) is 0. The van der Waals surface area contributed by atoms with Crippen LogP contribution in [0.1, 0.15) is 19.2 Å². The lowest BCUT2D eigenvalue weighted by Gasteiger charge is -2.06. The van der Waals surface area contributed by atoms with Crippen molar-refractivity contribution in [3.05, 3.63) is 18.2 Å². The largest absolute Gasteiger partial charge is 0.335 e. The standard InChI is InChI=1S/C10H19N3S/c1-2-14-9-3-7-13-8-6-12-10(13)4-5-11/h6,8H,2-5,7,9,11H2,1H3. The number of thioether (sulfide) groups is 1. The molecule has 1 aromatic heterocycles. The van der Waals surface area contributed by atoms with Crippen molar-refractivity contribution in [2.45, 2.75) is 26.3 Å². The van der Waals surface area contributed by atoms with Crippen LogP contribution in [0.2, 0.25) is 0 Å². The van der Waals surface area contributed by atoms with Crippen LogP contribution in [0.25, 0.3) is 0 Å². The molecule has 0 spiro atoms. The summed E-state index contributed by atoms with van der Waals surface area (Å²) in [5, 5.41) is 0. The van der Waals surface area contributed by atoms with Crippen molar-refractivity contribution in [2.24, 2.45) is 5.73 Å². The first-order valence-corrected chi connectivity index (χ1v) is 6.31. The molecule has 2 N–H and O–H groups in total. The van der Waals surface area contributed by atoms with Gasteiger partial charge in [0.1, 0.15) is 5.82 Å². The van der Waals surface area contributed by atoms with E-state index in [0.717, 1.165) is 18.8 Å². The zero-order valence-corrected chi connectivity index (χ0v) is 9.59. The van der Waals surface area contributed by atoms with E-state index in [4.69, 9.17) is 5.73 Å². The van der Waals surface area contributed by atoms with E-state index < -0.39 is 0 Å². The Kier molecular flexibility index (Phi) is 5.71. The Balaban J connectivity index is 2.30. The zero-order chi connectivity index (χ0) is 10.2. The van der Waals surface area contributed by atoms with Gasteiger partial charge in [-0.1, -0.05) is 6.92 Å². The summed E-state index contributed by atoms with van der Waals surface area (Å²) in [4.78, 5) is 4.28. The summed E-state index contributed by atoms with van der Waals surface area (Å²) in [6.45, 7) is 3.95. The second kappa shape index (κ2) is 6.90. The molecule has 0 aliphatic heterocycles. The Morgan fingerprint density at radius 1 is 1.57 bits per heavy atom. The number of rotatable bonds is 7. The molecule has 4 heteroatoms. The number of hydrogen-bond donors (Lipinski definition) is 1. The van der Waals surface area contributed by atoms with Gasteiger partial charge < -0.3 is 10.3 Å². The fraction of sp³-hybridized carbons (Fsp3) is 0.700. The first-order valence-electron chi connectivity index (χ1n) is 5.16. The molecule has 3 nitrogen and oxygen atoms in total. The van der Waals surface area contributed by atoms with Crippen molar-refractivity contribution in [1.29, 1.82) is 0 Å². The molecule has 14 heavy (non-hydrogen) atoms. The second-order valence-corrected chi connectivity index (χ2v) is 4.52. The number of aryl methyl sites for hydroxylation is 1. The Morgan fingerprint density at radius 3 is 3.14 bits per heavy atom. The number of nitrogens with two attached hydrogens (primary N) is 1. The van der Waals surface area contributed by atoms with E-state index >= 15 is 0 Å². The minimum absolute atomic E-state index is 0.681. The van der Waals surface area contributed by atoms with Gasteiger partial charge in [0.25, 0.3) is 0 Å². The van der Waals surface area contributed by atoms with Crippen molar-refractivity contribution in [2.75, 3.05) is 18.1 Å². The molecule has 0 unspecified atom stereocenters. The van der Waals surface area contributed by atoms with Gasteiger partial charge in [0.05, 0.1) is 0 Å². The van der Waals surface area contributed by atoms with E-state index in [1.165, 1.54) is 17.9 Å². The third kappa shape index (κ3) is 3.72. The molecule has 1 aromatic rings. The summed E-state index contributed by atoms with van der Waals surface area (Å²) in [6, 6.07) is 0. The maximum Gasteiger partial charge on any atom is 0.109 e. The predicted molar refractivity (Wildman–Crippen MR) is 62.6 cm³/mol. The topological polar surface area (TPSA) is 43.8 Å². The smallest absolute Gasteiger partial charge is 0.109 e. The maximum atomic E-state index is 5.51. The molecule has 0 aliphatic carbocycles. The van der Waals surface area contributed by atoms with E-state index in [2.05, 4.69) is 16.5 Å². The minimum Gasteiger partial charge on any atom is -0.335 e. The molecular weight excluding hydrogens is 194 g/mol. The predicted octanol–water partition coefficient (Wildman–Crippen LogP) is 1.53. The van der Waals surface area contributed by atoms with Crippen LogP contribution in [0.15, 0.2) is 12.4 Å². The summed E-state index contributed by atoms with van der Waals surface area (Å²) in [6.07, 6.45) is 6.00. The molecule has 0 radical (unpaired) electrons. The van der Waals surface area contributed by atoms with E-state index in [1.807, 2.05) is 24.2 Å². The maximum absolute atomic E-state index is 5.51. The van der Waals surface area contributed by atoms with Crippen LogP contribution in [-0.4, -0.2) is 27.6 Å². The van der Waals surface area contributed by atoms with Crippen molar-refractivity contribution in [1.82, 2.24) is 9.55 Å². The molecular formula is C10H19N3S. The molecule has 0 aliphatic rings.